The van der Waals surface area contributed by atoms with Gasteiger partial charge in [-0.25, -0.2) is 18.2 Å². The molecule has 1 aromatic heterocycles. The number of anilines is 1. The Morgan fingerprint density at radius 3 is 2.56 bits per heavy atom. The molecule has 0 aliphatic rings. The van der Waals surface area contributed by atoms with Gasteiger partial charge in [0.1, 0.15) is 21.2 Å². The van der Waals surface area contributed by atoms with Crippen molar-refractivity contribution in [2.45, 2.75) is 6.92 Å². The van der Waals surface area contributed by atoms with Crippen molar-refractivity contribution in [3.63, 3.8) is 0 Å². The Morgan fingerprint density at radius 1 is 1.44 bits per heavy atom. The second-order valence-corrected chi connectivity index (χ2v) is 6.44. The van der Waals surface area contributed by atoms with E-state index in [4.69, 9.17) is 5.11 Å². The van der Waals surface area contributed by atoms with Crippen LogP contribution in [-0.4, -0.2) is 50.1 Å². The molecule has 18 heavy (non-hydrogen) atoms. The van der Waals surface area contributed by atoms with E-state index in [0.717, 1.165) is 6.26 Å². The van der Waals surface area contributed by atoms with Crippen molar-refractivity contribution in [3.8, 4) is 0 Å². The van der Waals surface area contributed by atoms with Gasteiger partial charge in [0, 0.05) is 25.5 Å². The second kappa shape index (κ2) is 5.34. The maximum absolute atomic E-state index is 11.1. The molecule has 0 saturated carbocycles. The van der Waals surface area contributed by atoms with Crippen molar-refractivity contribution >= 4 is 21.6 Å². The van der Waals surface area contributed by atoms with Gasteiger partial charge in [-0.2, -0.15) is 0 Å². The zero-order chi connectivity index (χ0) is 13.9. The van der Waals surface area contributed by atoms with Crippen molar-refractivity contribution < 1.29 is 18.3 Å². The average molecular weight is 272 g/mol. The largest absolute Gasteiger partial charge is 0.478 e. The molecule has 0 saturated heterocycles. The minimum absolute atomic E-state index is 0.0435. The van der Waals surface area contributed by atoms with Gasteiger partial charge in [0.2, 0.25) is 0 Å². The quantitative estimate of drug-likeness (QED) is 0.843. The molecule has 0 bridgehead atoms. The monoisotopic (exact) mass is 272 g/mol. The van der Waals surface area contributed by atoms with Gasteiger partial charge in [0.25, 0.3) is 0 Å². The Bertz CT molecular complexity index is 554. The number of hydrogen-bond donors (Lipinski definition) is 1. The molecule has 1 aromatic rings. The van der Waals surface area contributed by atoms with E-state index in [-0.39, 0.29) is 23.7 Å². The van der Waals surface area contributed by atoms with Crippen LogP contribution in [0.4, 0.5) is 5.82 Å². The van der Waals surface area contributed by atoms with Gasteiger partial charge in [-0.3, -0.25) is 0 Å². The molecule has 1 rings (SSSR count). The first-order chi connectivity index (χ1) is 8.20. The molecule has 0 fully saturated rings. The van der Waals surface area contributed by atoms with Gasteiger partial charge in [-0.05, 0) is 19.1 Å². The molecule has 100 valence electrons. The molecule has 0 spiro atoms. The number of aromatic carboxylic acids is 1. The van der Waals surface area contributed by atoms with Gasteiger partial charge in [-0.15, -0.1) is 0 Å². The number of carboxylic acids is 1. The van der Waals surface area contributed by atoms with E-state index in [1.54, 1.807) is 20.0 Å². The van der Waals surface area contributed by atoms with Gasteiger partial charge in [-0.1, -0.05) is 0 Å². The lowest BCUT2D eigenvalue weighted by molar-refractivity contribution is 0.0697. The minimum atomic E-state index is -3.09. The fraction of sp³-hybridized carbons (Fsp3) is 0.455. The summed E-state index contributed by atoms with van der Waals surface area (Å²) in [4.78, 5) is 16.7. The summed E-state index contributed by atoms with van der Waals surface area (Å²) in [6.07, 6.45) is 1.14. The van der Waals surface area contributed by atoms with Crippen molar-refractivity contribution in [1.29, 1.82) is 0 Å². The van der Waals surface area contributed by atoms with E-state index in [2.05, 4.69) is 4.98 Å². The third-order valence-electron chi connectivity index (χ3n) is 2.40. The van der Waals surface area contributed by atoms with Gasteiger partial charge in [0.15, 0.2) is 0 Å². The van der Waals surface area contributed by atoms with E-state index in [0.29, 0.717) is 5.69 Å². The summed E-state index contributed by atoms with van der Waals surface area (Å²) in [6.45, 7) is 1.95. The molecule has 0 radical (unpaired) electrons. The van der Waals surface area contributed by atoms with Crippen LogP contribution in [0.1, 0.15) is 16.1 Å². The molecule has 0 amide bonds. The highest BCUT2D eigenvalue weighted by Gasteiger charge is 2.16. The zero-order valence-electron chi connectivity index (χ0n) is 10.5. The van der Waals surface area contributed by atoms with Crippen LogP contribution in [0.3, 0.4) is 0 Å². The molecule has 0 unspecified atom stereocenters. The molecule has 0 aromatic carbocycles. The summed E-state index contributed by atoms with van der Waals surface area (Å²) in [7, 11) is -1.46. The van der Waals surface area contributed by atoms with Crippen molar-refractivity contribution in [3.05, 3.63) is 23.4 Å². The summed E-state index contributed by atoms with van der Waals surface area (Å²) in [6, 6.07) is 3.08. The molecular weight excluding hydrogens is 256 g/mol. The van der Waals surface area contributed by atoms with Crippen LogP contribution < -0.4 is 4.90 Å². The third-order valence-corrected chi connectivity index (χ3v) is 3.33. The van der Waals surface area contributed by atoms with E-state index < -0.39 is 15.8 Å². The molecule has 1 N–H and O–H groups in total. The summed E-state index contributed by atoms with van der Waals surface area (Å²) < 4.78 is 22.2. The van der Waals surface area contributed by atoms with Crippen LogP contribution in [0.5, 0.6) is 0 Å². The van der Waals surface area contributed by atoms with Gasteiger partial charge < -0.3 is 10.0 Å². The first-order valence-corrected chi connectivity index (χ1v) is 7.36. The molecule has 1 heterocycles. The highest BCUT2D eigenvalue weighted by molar-refractivity contribution is 7.90. The molecular formula is C11H16N2O4S. The minimum Gasteiger partial charge on any atom is -0.478 e. The van der Waals surface area contributed by atoms with Crippen LogP contribution >= 0.6 is 0 Å². The maximum atomic E-state index is 11.1. The van der Waals surface area contributed by atoms with Crippen LogP contribution in [0, 0.1) is 6.92 Å². The summed E-state index contributed by atoms with van der Waals surface area (Å²) in [5, 5.41) is 9.05. The van der Waals surface area contributed by atoms with Gasteiger partial charge in [0.05, 0.1) is 5.75 Å². The van der Waals surface area contributed by atoms with Crippen molar-refractivity contribution in [2.75, 3.05) is 30.5 Å². The van der Waals surface area contributed by atoms with E-state index in [1.807, 2.05) is 0 Å². The number of aromatic nitrogens is 1. The van der Waals surface area contributed by atoms with Crippen molar-refractivity contribution in [1.82, 2.24) is 4.98 Å². The fourth-order valence-corrected chi connectivity index (χ4v) is 2.02. The number of aryl methyl sites for hydroxylation is 1. The highest BCUT2D eigenvalue weighted by atomic mass is 32.2. The molecule has 0 aliphatic carbocycles. The lowest BCUT2D eigenvalue weighted by Crippen LogP contribution is -2.27. The summed E-state index contributed by atoms with van der Waals surface area (Å²) in [5.41, 5.74) is 0.748. The topological polar surface area (TPSA) is 87.6 Å². The Balaban J connectivity index is 3.00. The second-order valence-electron chi connectivity index (χ2n) is 4.18. The number of carbonyl (C=O) groups is 1. The van der Waals surface area contributed by atoms with E-state index >= 15 is 0 Å². The lowest BCUT2D eigenvalue weighted by Gasteiger charge is -2.19. The number of sulfone groups is 1. The smallest absolute Gasteiger partial charge is 0.339 e. The standard InChI is InChI=1S/C11H16N2O4S/c1-8-4-5-9(11(14)15)10(12-8)13(2)6-7-18(3,16)17/h4-5H,6-7H2,1-3H3,(H,14,15). The van der Waals surface area contributed by atoms with Crippen molar-refractivity contribution in [2.24, 2.45) is 0 Å². The number of rotatable bonds is 5. The molecule has 0 aliphatic heterocycles. The highest BCUT2D eigenvalue weighted by Crippen LogP contribution is 2.17. The predicted molar refractivity (Wildman–Crippen MR) is 68.9 cm³/mol. The first kappa shape index (κ1) is 14.4. The van der Waals surface area contributed by atoms with Crippen LogP contribution in [0.25, 0.3) is 0 Å². The molecule has 7 heteroatoms. The Kier molecular flexibility index (Phi) is 4.28. The van der Waals surface area contributed by atoms with Crippen LogP contribution in [0.2, 0.25) is 0 Å². The lowest BCUT2D eigenvalue weighted by atomic mass is 10.2. The fourth-order valence-electron chi connectivity index (χ4n) is 1.41. The number of carboxylic acid groups (broad SMARTS) is 1. The normalized spacial score (nSPS) is 11.3. The molecule has 0 atom stereocenters. The Hall–Kier alpha value is -1.63. The average Bonchev–Trinajstić information content (AvgIpc) is 2.24. The maximum Gasteiger partial charge on any atom is 0.339 e. The first-order valence-electron chi connectivity index (χ1n) is 5.30. The number of hydrogen-bond acceptors (Lipinski definition) is 5. The molecule has 6 nitrogen and oxygen atoms in total. The number of nitrogens with zero attached hydrogens (tertiary/aromatic N) is 2. The van der Waals surface area contributed by atoms with E-state index in [9.17, 15) is 13.2 Å². The Morgan fingerprint density at radius 2 is 2.06 bits per heavy atom. The van der Waals surface area contributed by atoms with E-state index in [1.165, 1.54) is 11.0 Å². The number of pyridine rings is 1. The summed E-state index contributed by atoms with van der Waals surface area (Å²) in [5.74, 6) is -0.840. The third kappa shape index (κ3) is 3.99. The predicted octanol–water partition coefficient (Wildman–Crippen LogP) is 0.569. The van der Waals surface area contributed by atoms with Crippen LogP contribution in [0.15, 0.2) is 12.1 Å². The summed E-state index contributed by atoms with van der Waals surface area (Å²) >= 11 is 0. The van der Waals surface area contributed by atoms with Gasteiger partial charge >= 0.3 is 5.97 Å². The SMILES string of the molecule is Cc1ccc(C(=O)O)c(N(C)CCS(C)(=O)=O)n1. The Labute approximate surface area is 106 Å². The van der Waals surface area contributed by atoms with Crippen LogP contribution in [-0.2, 0) is 9.84 Å². The zero-order valence-corrected chi connectivity index (χ0v) is 11.4.